The number of hydrogen-bond acceptors (Lipinski definition) is 1. The van der Waals surface area contributed by atoms with Crippen LogP contribution in [0.3, 0.4) is 0 Å². The molecule has 1 aromatic rings. The van der Waals surface area contributed by atoms with Crippen molar-refractivity contribution in [3.05, 3.63) is 65.3 Å². The SMILES string of the molecule is CC(C=CC=Cc1ccccc1)=C(C)C(=O)O. The summed E-state index contributed by atoms with van der Waals surface area (Å²) in [6.45, 7) is 3.39. The average molecular weight is 228 g/mol. The van der Waals surface area contributed by atoms with E-state index in [2.05, 4.69) is 0 Å². The Kier molecular flexibility index (Phi) is 4.95. The molecule has 0 fully saturated rings. The van der Waals surface area contributed by atoms with E-state index in [4.69, 9.17) is 5.11 Å². The summed E-state index contributed by atoms with van der Waals surface area (Å²) in [4.78, 5) is 10.7. The van der Waals surface area contributed by atoms with Gasteiger partial charge < -0.3 is 5.11 Å². The van der Waals surface area contributed by atoms with Gasteiger partial charge in [-0.2, -0.15) is 0 Å². The Morgan fingerprint density at radius 1 is 1.12 bits per heavy atom. The first-order valence-electron chi connectivity index (χ1n) is 5.42. The lowest BCUT2D eigenvalue weighted by Gasteiger charge is -1.95. The number of carbonyl (C=O) groups is 1. The molecular weight excluding hydrogens is 212 g/mol. The average Bonchev–Trinajstić information content (AvgIpc) is 2.34. The molecule has 0 aliphatic heterocycles. The van der Waals surface area contributed by atoms with Crippen molar-refractivity contribution in [2.45, 2.75) is 13.8 Å². The lowest BCUT2D eigenvalue weighted by molar-refractivity contribution is -0.132. The summed E-state index contributed by atoms with van der Waals surface area (Å²) in [6.07, 6.45) is 7.51. The van der Waals surface area contributed by atoms with Crippen LogP contribution in [0.15, 0.2) is 59.7 Å². The van der Waals surface area contributed by atoms with E-state index in [0.29, 0.717) is 5.57 Å². The van der Waals surface area contributed by atoms with Gasteiger partial charge in [0.15, 0.2) is 0 Å². The molecule has 0 aliphatic rings. The third-order valence-electron chi connectivity index (χ3n) is 2.46. The van der Waals surface area contributed by atoms with Crippen LogP contribution in [0.2, 0.25) is 0 Å². The predicted octanol–water partition coefficient (Wildman–Crippen LogP) is 3.68. The number of carboxylic acids is 1. The van der Waals surface area contributed by atoms with Crippen LogP contribution in [0.1, 0.15) is 19.4 Å². The maximum Gasteiger partial charge on any atom is 0.331 e. The van der Waals surface area contributed by atoms with E-state index in [1.165, 1.54) is 0 Å². The maximum absolute atomic E-state index is 10.7. The summed E-state index contributed by atoms with van der Waals surface area (Å²) in [5.74, 6) is -0.876. The summed E-state index contributed by atoms with van der Waals surface area (Å²) in [5.41, 5.74) is 2.25. The monoisotopic (exact) mass is 228 g/mol. The number of hydrogen-bond donors (Lipinski definition) is 1. The Hall–Kier alpha value is -2.09. The van der Waals surface area contributed by atoms with Gasteiger partial charge in [-0.1, -0.05) is 54.6 Å². The van der Waals surface area contributed by atoms with Gasteiger partial charge in [0.2, 0.25) is 0 Å². The molecule has 1 N–H and O–H groups in total. The van der Waals surface area contributed by atoms with Crippen molar-refractivity contribution < 1.29 is 9.90 Å². The van der Waals surface area contributed by atoms with Crippen LogP contribution in [0.4, 0.5) is 0 Å². The molecule has 88 valence electrons. The van der Waals surface area contributed by atoms with Gasteiger partial charge in [-0.25, -0.2) is 4.79 Å². The van der Waals surface area contributed by atoms with Gasteiger partial charge in [-0.05, 0) is 25.0 Å². The Labute approximate surface area is 102 Å². The van der Waals surface area contributed by atoms with E-state index in [-0.39, 0.29) is 0 Å². The second-order valence-electron chi connectivity index (χ2n) is 3.74. The van der Waals surface area contributed by atoms with Crippen molar-refractivity contribution in [1.29, 1.82) is 0 Å². The first-order valence-corrected chi connectivity index (χ1v) is 5.42. The van der Waals surface area contributed by atoms with Gasteiger partial charge in [0.1, 0.15) is 0 Å². The standard InChI is InChI=1S/C15H16O2/c1-12(13(2)15(16)17)8-6-7-11-14-9-4-3-5-10-14/h3-11H,1-2H3,(H,16,17). The zero-order valence-corrected chi connectivity index (χ0v) is 10.1. The molecule has 0 amide bonds. The van der Waals surface area contributed by atoms with Crippen LogP contribution in [-0.4, -0.2) is 11.1 Å². The summed E-state index contributed by atoms with van der Waals surface area (Å²) in [6, 6.07) is 9.94. The fraction of sp³-hybridized carbons (Fsp3) is 0.133. The Morgan fingerprint density at radius 2 is 1.76 bits per heavy atom. The molecule has 2 heteroatoms. The second-order valence-corrected chi connectivity index (χ2v) is 3.74. The molecule has 1 aromatic carbocycles. The largest absolute Gasteiger partial charge is 0.478 e. The Bertz CT molecular complexity index is 465. The van der Waals surface area contributed by atoms with Gasteiger partial charge in [-0.15, -0.1) is 0 Å². The van der Waals surface area contributed by atoms with E-state index >= 15 is 0 Å². The van der Waals surface area contributed by atoms with E-state index in [0.717, 1.165) is 11.1 Å². The highest BCUT2D eigenvalue weighted by Crippen LogP contribution is 2.06. The first-order chi connectivity index (χ1) is 8.11. The van der Waals surface area contributed by atoms with Crippen LogP contribution in [0, 0.1) is 0 Å². The molecule has 1 rings (SSSR count). The zero-order valence-electron chi connectivity index (χ0n) is 10.1. The summed E-state index contributed by atoms with van der Waals surface area (Å²) in [5, 5.41) is 8.78. The van der Waals surface area contributed by atoms with Crippen molar-refractivity contribution >= 4 is 12.0 Å². The predicted molar refractivity (Wildman–Crippen MR) is 70.6 cm³/mol. The lowest BCUT2D eigenvalue weighted by atomic mass is 10.1. The molecule has 0 unspecified atom stereocenters. The molecule has 0 heterocycles. The van der Waals surface area contributed by atoms with Crippen LogP contribution in [0.5, 0.6) is 0 Å². The quantitative estimate of drug-likeness (QED) is 0.630. The van der Waals surface area contributed by atoms with Crippen molar-refractivity contribution in [3.8, 4) is 0 Å². The number of allylic oxidation sites excluding steroid dienone is 4. The first kappa shape index (κ1) is 13.0. The van der Waals surface area contributed by atoms with Gasteiger partial charge in [0, 0.05) is 5.57 Å². The molecule has 2 nitrogen and oxygen atoms in total. The van der Waals surface area contributed by atoms with Crippen LogP contribution in [0.25, 0.3) is 6.08 Å². The van der Waals surface area contributed by atoms with Crippen molar-refractivity contribution in [1.82, 2.24) is 0 Å². The van der Waals surface area contributed by atoms with Crippen molar-refractivity contribution in [3.63, 3.8) is 0 Å². The fourth-order valence-electron chi connectivity index (χ4n) is 1.22. The number of rotatable bonds is 4. The highest BCUT2D eigenvalue weighted by atomic mass is 16.4. The van der Waals surface area contributed by atoms with Crippen LogP contribution >= 0.6 is 0 Å². The Balaban J connectivity index is 2.66. The van der Waals surface area contributed by atoms with E-state index < -0.39 is 5.97 Å². The number of aliphatic carboxylic acids is 1. The van der Waals surface area contributed by atoms with Crippen LogP contribution in [-0.2, 0) is 4.79 Å². The van der Waals surface area contributed by atoms with Crippen LogP contribution < -0.4 is 0 Å². The summed E-state index contributed by atoms with van der Waals surface area (Å²) in [7, 11) is 0. The smallest absolute Gasteiger partial charge is 0.331 e. The molecule has 0 radical (unpaired) electrons. The molecule has 0 aromatic heterocycles. The van der Waals surface area contributed by atoms with Gasteiger partial charge in [0.25, 0.3) is 0 Å². The summed E-state index contributed by atoms with van der Waals surface area (Å²) >= 11 is 0. The fourth-order valence-corrected chi connectivity index (χ4v) is 1.22. The minimum atomic E-state index is -0.876. The maximum atomic E-state index is 10.7. The summed E-state index contributed by atoms with van der Waals surface area (Å²) < 4.78 is 0. The number of carboxylic acid groups (broad SMARTS) is 1. The topological polar surface area (TPSA) is 37.3 Å². The van der Waals surface area contributed by atoms with Crippen molar-refractivity contribution in [2.75, 3.05) is 0 Å². The molecule has 0 bridgehead atoms. The number of benzene rings is 1. The highest BCUT2D eigenvalue weighted by molar-refractivity contribution is 5.87. The zero-order chi connectivity index (χ0) is 12.7. The molecule has 17 heavy (non-hydrogen) atoms. The van der Waals surface area contributed by atoms with Gasteiger partial charge >= 0.3 is 5.97 Å². The normalized spacial score (nSPS) is 13.1. The second kappa shape index (κ2) is 6.48. The molecule has 0 saturated carbocycles. The molecule has 0 spiro atoms. The van der Waals surface area contributed by atoms with E-state index in [9.17, 15) is 4.79 Å². The lowest BCUT2D eigenvalue weighted by Crippen LogP contribution is -1.97. The third kappa shape index (κ3) is 4.51. The minimum Gasteiger partial charge on any atom is -0.478 e. The Morgan fingerprint density at radius 3 is 2.35 bits per heavy atom. The van der Waals surface area contributed by atoms with E-state index in [1.54, 1.807) is 19.9 Å². The molecule has 0 aliphatic carbocycles. The van der Waals surface area contributed by atoms with E-state index in [1.807, 2.05) is 48.6 Å². The van der Waals surface area contributed by atoms with Crippen molar-refractivity contribution in [2.24, 2.45) is 0 Å². The third-order valence-corrected chi connectivity index (χ3v) is 2.46. The molecular formula is C15H16O2. The molecule has 0 saturated heterocycles. The highest BCUT2D eigenvalue weighted by Gasteiger charge is 2.01. The van der Waals surface area contributed by atoms with Gasteiger partial charge in [0.05, 0.1) is 0 Å². The molecule has 0 atom stereocenters. The van der Waals surface area contributed by atoms with Gasteiger partial charge in [-0.3, -0.25) is 0 Å². The minimum absolute atomic E-state index is 0.370.